The summed E-state index contributed by atoms with van der Waals surface area (Å²) in [6.07, 6.45) is 28.7. The lowest BCUT2D eigenvalue weighted by molar-refractivity contribution is -0.138. The maximum absolute atomic E-state index is 14.2. The van der Waals surface area contributed by atoms with Crippen molar-refractivity contribution >= 4 is 46.3 Å². The van der Waals surface area contributed by atoms with E-state index in [0.29, 0.717) is 89.0 Å². The van der Waals surface area contributed by atoms with Crippen molar-refractivity contribution in [3.05, 3.63) is 355 Å². The van der Waals surface area contributed by atoms with Gasteiger partial charge in [0.1, 0.15) is 86.2 Å². The van der Waals surface area contributed by atoms with Crippen molar-refractivity contribution in [3.63, 3.8) is 0 Å². The highest BCUT2D eigenvalue weighted by Gasteiger charge is 2.51. The van der Waals surface area contributed by atoms with Gasteiger partial charge in [-0.2, -0.15) is 13.2 Å². The third-order valence-corrected chi connectivity index (χ3v) is 25.1. The minimum Gasteiger partial charge on any atom is -0.392 e. The zero-order valence-electron chi connectivity index (χ0n) is 73.2. The van der Waals surface area contributed by atoms with Crippen molar-refractivity contribution < 1.29 is 86.5 Å². The van der Waals surface area contributed by atoms with Crippen LogP contribution in [0.1, 0.15) is 238 Å². The summed E-state index contributed by atoms with van der Waals surface area (Å²) in [5.41, 5.74) is 7.62. The number of aliphatic hydroxyl groups excluding tert-OH is 7. The molecule has 7 N–H and O–H groups in total. The number of rotatable bonds is 31. The van der Waals surface area contributed by atoms with E-state index in [2.05, 4.69) is 102 Å². The summed E-state index contributed by atoms with van der Waals surface area (Å²) in [7, 11) is 0. The molecule has 6 heterocycles. The molecule has 0 atom stereocenters. The van der Waals surface area contributed by atoms with Gasteiger partial charge in [0.2, 0.25) is 0 Å². The predicted octanol–water partition coefficient (Wildman–Crippen LogP) is 14.3. The van der Waals surface area contributed by atoms with E-state index in [9.17, 15) is 50.7 Å². The van der Waals surface area contributed by atoms with Crippen LogP contribution >= 0.6 is 11.6 Å². The normalized spacial score (nSPS) is 15.2. The Labute approximate surface area is 764 Å². The number of halogens is 6. The third-order valence-electron chi connectivity index (χ3n) is 24.8. The molecule has 0 aliphatic heterocycles. The lowest BCUT2D eigenvalue weighted by Gasteiger charge is -2.29. The number of Topliss-reactive ketones (excluding diaryl/α,β-unsaturated/α-hetero) is 6. The molecule has 31 heteroatoms. The highest BCUT2D eigenvalue weighted by atomic mass is 35.5. The molecule has 5 saturated carbocycles. The Balaban J connectivity index is 0.000000143. The van der Waals surface area contributed by atoms with Crippen molar-refractivity contribution in [1.82, 2.24) is 59.8 Å². The topological polar surface area (TPSA) is 399 Å². The van der Waals surface area contributed by atoms with Crippen LogP contribution in [0.2, 0.25) is 5.02 Å². The van der Waals surface area contributed by atoms with Crippen molar-refractivity contribution in [2.24, 2.45) is 0 Å². The van der Waals surface area contributed by atoms with Crippen LogP contribution in [0, 0.1) is 18.6 Å². The molecule has 17 rings (SSSR count). The summed E-state index contributed by atoms with van der Waals surface area (Å²) >= 11 is 6.29. The average molecular weight is 1820 g/mol. The van der Waals surface area contributed by atoms with Crippen molar-refractivity contribution in [2.75, 3.05) is 39.6 Å². The first-order valence-corrected chi connectivity index (χ1v) is 43.6. The third kappa shape index (κ3) is 25.6. The minimum atomic E-state index is -4.40. The number of alkyl halides is 3. The van der Waals surface area contributed by atoms with E-state index in [1.54, 1.807) is 24.3 Å². The first kappa shape index (κ1) is 98.5. The van der Waals surface area contributed by atoms with Gasteiger partial charge in [-0.15, -0.1) is 0 Å². The summed E-state index contributed by atoms with van der Waals surface area (Å²) in [6, 6.07) is 43.9. The Morgan fingerprint density at radius 1 is 0.341 bits per heavy atom. The number of benzene rings is 6. The van der Waals surface area contributed by atoms with Crippen LogP contribution in [0.15, 0.2) is 220 Å². The maximum atomic E-state index is 14.2. The van der Waals surface area contributed by atoms with Gasteiger partial charge >= 0.3 is 6.18 Å². The average Bonchev–Trinajstić information content (AvgIpc) is 1.57. The van der Waals surface area contributed by atoms with Crippen LogP contribution in [0.25, 0.3) is 0 Å². The van der Waals surface area contributed by atoms with Crippen LogP contribution in [0.4, 0.5) is 22.0 Å². The molecule has 0 bridgehead atoms. The second-order valence-electron chi connectivity index (χ2n) is 34.6. The molecule has 5 aliphatic rings. The lowest BCUT2D eigenvalue weighted by atomic mass is 9.76. The molecule has 0 amide bonds. The zero-order chi connectivity index (χ0) is 94.4. The van der Waals surface area contributed by atoms with Gasteiger partial charge in [0.15, 0.2) is 34.7 Å². The summed E-state index contributed by atoms with van der Waals surface area (Å²) in [5.74, 6) is 0.852. The minimum absolute atomic E-state index is 0.0286. The van der Waals surface area contributed by atoms with Crippen LogP contribution < -0.4 is 0 Å². The van der Waals surface area contributed by atoms with Gasteiger partial charge in [-0.05, 0) is 151 Å². The fraction of sp³-hybridized carbons (Fsp3) is 0.347. The molecule has 0 saturated heterocycles. The van der Waals surface area contributed by atoms with Gasteiger partial charge in [-0.1, -0.05) is 154 Å². The zero-order valence-corrected chi connectivity index (χ0v) is 73.9. The number of aromatic nitrogens is 12. The van der Waals surface area contributed by atoms with Gasteiger partial charge in [-0.25, -0.2) is 68.6 Å². The van der Waals surface area contributed by atoms with Gasteiger partial charge < -0.3 is 35.7 Å². The molecule has 6 aromatic carbocycles. The monoisotopic (exact) mass is 1820 g/mol. The molecule has 0 radical (unpaired) electrons. The fourth-order valence-corrected chi connectivity index (χ4v) is 16.7. The van der Waals surface area contributed by atoms with Gasteiger partial charge in [0.05, 0.1) is 45.6 Å². The van der Waals surface area contributed by atoms with E-state index in [4.69, 9.17) is 47.3 Å². The number of aryl methyl sites for hydroxylation is 1. The molecule has 5 aliphatic carbocycles. The molecule has 0 spiro atoms. The molecule has 0 unspecified atom stereocenters. The Morgan fingerprint density at radius 3 is 1.01 bits per heavy atom. The molecule has 5 fully saturated rings. The molecule has 132 heavy (non-hydrogen) atoms. The highest BCUT2D eigenvalue weighted by Crippen LogP contribution is 2.55. The molecule has 25 nitrogen and oxygen atoms in total. The quantitative estimate of drug-likeness (QED) is 0.0157. The predicted molar refractivity (Wildman–Crippen MR) is 479 cm³/mol. The molecule has 6 aromatic heterocycles. The number of carbonyl (C=O) groups excluding carboxylic acids is 6. The van der Waals surface area contributed by atoms with E-state index in [-0.39, 0.29) is 80.4 Å². The SMILES string of the molecule is Cc1ccc(C(C)(C)Cc2ncc(C(=O)CO)cn2)c(F)c1.O=C(CO)c1cnc(CC2(c3ccc(CO)cc3)CC2)nc1.O=C(CO)c1cnc(CC2(c3cccc(F)c3)CC2)nc1.O=C(CO)c1cnc(CC2(c3ccccc3)CCCC2)nc1.O=C(CO)c1cnc(CC2(c3ccccc3C(F)(F)F)CC2)nc1.O=C(CO)c1cnc(CC2(c3ccccc3Cl)CC2)nc1. The second-order valence-corrected chi connectivity index (χ2v) is 35.0. The maximum Gasteiger partial charge on any atom is 0.416 e. The fourth-order valence-electron chi connectivity index (χ4n) is 16.4. The molecular formula is C101H102ClF5N12O13. The second kappa shape index (κ2) is 44.1. The Morgan fingerprint density at radius 2 is 0.659 bits per heavy atom. The number of carbonyl (C=O) groups is 6. The smallest absolute Gasteiger partial charge is 0.392 e. The Kier molecular flexibility index (Phi) is 32.9. The molecule has 12 aromatic rings. The first-order valence-electron chi connectivity index (χ1n) is 43.3. The van der Waals surface area contributed by atoms with Crippen LogP contribution in [-0.2, 0) is 83.8 Å². The van der Waals surface area contributed by atoms with Crippen LogP contribution in [0.5, 0.6) is 0 Å². The highest BCUT2D eigenvalue weighted by molar-refractivity contribution is 6.31. The largest absolute Gasteiger partial charge is 0.416 e. The Bertz CT molecular complexity index is 5950. The van der Waals surface area contributed by atoms with Crippen LogP contribution in [0.3, 0.4) is 0 Å². The summed E-state index contributed by atoms with van der Waals surface area (Å²) < 4.78 is 67.2. The van der Waals surface area contributed by atoms with E-state index in [0.717, 1.165) is 103 Å². The van der Waals surface area contributed by atoms with E-state index in [1.807, 2.05) is 69.3 Å². The van der Waals surface area contributed by atoms with Crippen molar-refractivity contribution in [3.8, 4) is 0 Å². The number of hydrogen-bond acceptors (Lipinski definition) is 25. The Hall–Kier alpha value is -12.5. The summed E-state index contributed by atoms with van der Waals surface area (Å²) in [5, 5.41) is 62.8. The number of ketones is 6. The van der Waals surface area contributed by atoms with E-state index < -0.39 is 79.6 Å². The van der Waals surface area contributed by atoms with Gasteiger partial charge in [0, 0.05) is 145 Å². The van der Waals surface area contributed by atoms with Gasteiger partial charge in [-0.3, -0.25) is 28.8 Å². The summed E-state index contributed by atoms with van der Waals surface area (Å²) in [4.78, 5) is 119. The number of nitrogens with zero attached hydrogens (tertiary/aromatic N) is 12. The van der Waals surface area contributed by atoms with Gasteiger partial charge in [0.25, 0.3) is 0 Å². The summed E-state index contributed by atoms with van der Waals surface area (Å²) in [6.45, 7) is 2.46. The first-order chi connectivity index (χ1) is 63.4. The molecular weight excluding hydrogens is 1720 g/mol. The molecule has 686 valence electrons. The standard InChI is InChI=1S/C18H20N2O2.C17H15F3N2O2.C17H19FN2O2.C17H18N2O3.C16H15ClN2O2.C16H15FN2O2/c21-13-16(22)14-11-19-17(20-12-14)10-18(8-4-5-9-18)15-6-2-1-3-7-15;18-17(19,20)13-4-2-1-3-12(13)16(5-6-16)7-15-21-8-11(9-22-15)14(24)10-23;1-11-4-5-13(14(18)6-11)17(2,3)7-16-19-8-12(9-20-16)15(22)10-21;20-10-12-1-3-14(4-2-12)17(5-6-17)7-16-18-8-13(9-19-16)15(22)11-21;17-13-4-2-1-3-12(13)16(5-6-16)7-15-18-8-11(9-19-15)14(21)10-20;17-13-3-1-2-12(6-13)16(4-5-16)7-15-18-8-11(9-19-15)14(21)10-20/h1-3,6-7,11-12,21H,4-5,8-10,13H2;1-4,8-9,23H,5-7,10H2;4-6,8-9,21H,7,10H2,1-3H3;1-4,8-9,20-21H,5-7,10-11H2;1-4,8-9,20H,5-7,10H2;1-3,6,8-9,20H,4-5,7,10H2. The van der Waals surface area contributed by atoms with Crippen molar-refractivity contribution in [2.45, 2.75) is 182 Å². The van der Waals surface area contributed by atoms with Crippen molar-refractivity contribution in [1.29, 1.82) is 0 Å². The van der Waals surface area contributed by atoms with E-state index in [1.165, 1.54) is 123 Å². The lowest BCUT2D eigenvalue weighted by Crippen LogP contribution is -2.26. The van der Waals surface area contributed by atoms with E-state index >= 15 is 0 Å². The van der Waals surface area contributed by atoms with Crippen LogP contribution in [-0.4, -0.2) is 170 Å². The number of aliphatic hydroxyl groups is 7. The number of hydrogen-bond donors (Lipinski definition) is 7.